The lowest BCUT2D eigenvalue weighted by atomic mass is 9.90. The Balaban J connectivity index is 5.13. The smallest absolute Gasteiger partial charge is 0.306 e. The maximum Gasteiger partial charge on any atom is 0.306 e. The van der Waals surface area contributed by atoms with Gasteiger partial charge in [-0.15, -0.1) is 0 Å². The number of carboxylic acid groups (broad SMARTS) is 1. The van der Waals surface area contributed by atoms with Crippen molar-refractivity contribution in [2.24, 2.45) is 11.8 Å². The zero-order chi connectivity index (χ0) is 43.4. The van der Waals surface area contributed by atoms with Gasteiger partial charge >= 0.3 is 17.9 Å². The van der Waals surface area contributed by atoms with Crippen molar-refractivity contribution in [3.8, 4) is 0 Å². The number of nitrogens with zero attached hydrogens (tertiary/aromatic N) is 1. The minimum atomic E-state index is -0.856. The molecule has 2 atom stereocenters. The van der Waals surface area contributed by atoms with Crippen LogP contribution in [0.5, 0.6) is 0 Å². The van der Waals surface area contributed by atoms with Crippen molar-refractivity contribution < 1.29 is 38.4 Å². The summed E-state index contributed by atoms with van der Waals surface area (Å²) in [7, 11) is 0. The molecule has 0 amide bonds. The number of carbonyl (C=O) groups excluding carboxylic acids is 2. The second-order valence-corrected chi connectivity index (χ2v) is 16.5. The Kier molecular flexibility index (Phi) is 42.2. The normalized spacial score (nSPS) is 12.9. The highest BCUT2D eigenvalue weighted by Crippen LogP contribution is 2.22. The Morgan fingerprint density at radius 1 is 0.542 bits per heavy atom. The highest BCUT2D eigenvalue weighted by atomic mass is 16.7. The third kappa shape index (κ3) is 38.4. The van der Waals surface area contributed by atoms with Gasteiger partial charge in [0.25, 0.3) is 0 Å². The molecule has 0 rings (SSSR count). The summed E-state index contributed by atoms with van der Waals surface area (Å²) < 4.78 is 23.6. The molecule has 0 aliphatic rings. The fourth-order valence-corrected chi connectivity index (χ4v) is 7.15. The number of aliphatic carboxylic acids is 1. The van der Waals surface area contributed by atoms with E-state index in [0.29, 0.717) is 38.9 Å². The number of hydrogen-bond donors (Lipinski definition) is 1. The van der Waals surface area contributed by atoms with Crippen LogP contribution in [-0.2, 0) is 33.3 Å². The quantitative estimate of drug-likeness (QED) is 0.0277. The van der Waals surface area contributed by atoms with Crippen LogP contribution in [0, 0.1) is 11.8 Å². The van der Waals surface area contributed by atoms with E-state index >= 15 is 0 Å². The lowest BCUT2D eigenvalue weighted by Gasteiger charge is -2.22. The summed E-state index contributed by atoms with van der Waals surface area (Å²) in [6, 6.07) is 0. The number of esters is 2. The van der Waals surface area contributed by atoms with Crippen molar-refractivity contribution in [2.45, 2.75) is 221 Å². The molecular weight excluding hydrogens is 743 g/mol. The van der Waals surface area contributed by atoms with E-state index in [1.54, 1.807) is 0 Å². The molecule has 0 fully saturated rings. The second-order valence-electron chi connectivity index (χ2n) is 16.5. The lowest BCUT2D eigenvalue weighted by molar-refractivity contribution is -0.161. The van der Waals surface area contributed by atoms with Crippen molar-refractivity contribution in [2.75, 3.05) is 46.1 Å². The predicted molar refractivity (Wildman–Crippen MR) is 245 cm³/mol. The number of allylic oxidation sites excluding steroid dienone is 4. The van der Waals surface area contributed by atoms with Gasteiger partial charge in [-0.2, -0.15) is 0 Å². The minimum absolute atomic E-state index is 0.0114. The third-order valence-corrected chi connectivity index (χ3v) is 11.1. The zero-order valence-corrected chi connectivity index (χ0v) is 39.0. The van der Waals surface area contributed by atoms with Crippen molar-refractivity contribution >= 4 is 17.9 Å². The predicted octanol–water partition coefficient (Wildman–Crippen LogP) is 13.2. The van der Waals surface area contributed by atoms with Crippen molar-refractivity contribution in [1.29, 1.82) is 0 Å². The van der Waals surface area contributed by atoms with Gasteiger partial charge in [0.2, 0.25) is 0 Å². The second kappa shape index (κ2) is 43.8. The molecule has 1 N–H and O–H groups in total. The van der Waals surface area contributed by atoms with Gasteiger partial charge in [0.15, 0.2) is 6.29 Å². The van der Waals surface area contributed by atoms with E-state index in [0.717, 1.165) is 90.3 Å². The maximum absolute atomic E-state index is 13.1. The van der Waals surface area contributed by atoms with E-state index < -0.39 is 24.1 Å². The first-order valence-corrected chi connectivity index (χ1v) is 24.6. The van der Waals surface area contributed by atoms with Crippen LogP contribution in [0.2, 0.25) is 0 Å². The molecule has 0 spiro atoms. The SMILES string of the molecule is CCCCC/C=C\C/C=C\CCCCCCC(CC(COC(=O)CCCN(CC)CC)COC(=O)CCC(OCCCCCCCC)OCCCCCCCC)C(=O)O. The molecule has 346 valence electrons. The molecule has 0 aromatic heterocycles. The van der Waals surface area contributed by atoms with Gasteiger partial charge in [0, 0.05) is 32.0 Å². The van der Waals surface area contributed by atoms with E-state index in [2.05, 4.69) is 63.8 Å². The van der Waals surface area contributed by atoms with Crippen LogP contribution in [0.1, 0.15) is 214 Å². The molecule has 0 saturated carbocycles. The standard InChI is InChI=1S/C50H93NO8/c1-6-11-14-17-20-21-22-23-24-25-26-27-28-31-35-46(50(54)55)42-45(43-58-47(52)36-34-39-51(9-4)10-5)44-59-48(53)37-38-49(56-40-32-29-18-15-12-7-2)57-41-33-30-19-16-13-8-3/h20-21,23-24,45-46,49H,6-19,22,25-44H2,1-5H3,(H,54,55)/b21-20-,24-23-. The third-order valence-electron chi connectivity index (χ3n) is 11.1. The first kappa shape index (κ1) is 56.8. The molecule has 0 heterocycles. The van der Waals surface area contributed by atoms with E-state index in [1.165, 1.54) is 70.6 Å². The Morgan fingerprint density at radius 3 is 1.56 bits per heavy atom. The number of unbranched alkanes of at least 4 members (excludes halogenated alkanes) is 17. The molecule has 0 bridgehead atoms. The van der Waals surface area contributed by atoms with Crippen LogP contribution in [0.4, 0.5) is 0 Å². The van der Waals surface area contributed by atoms with Crippen LogP contribution in [0.3, 0.4) is 0 Å². The summed E-state index contributed by atoms with van der Waals surface area (Å²) >= 11 is 0. The summed E-state index contributed by atoms with van der Waals surface area (Å²) in [5, 5.41) is 10.2. The van der Waals surface area contributed by atoms with Gasteiger partial charge in [-0.25, -0.2) is 0 Å². The molecule has 9 heteroatoms. The van der Waals surface area contributed by atoms with Crippen molar-refractivity contribution in [1.82, 2.24) is 4.90 Å². The van der Waals surface area contributed by atoms with Crippen LogP contribution < -0.4 is 0 Å². The van der Waals surface area contributed by atoms with Crippen LogP contribution in [0.25, 0.3) is 0 Å². The summed E-state index contributed by atoms with van der Waals surface area (Å²) in [6.45, 7) is 14.8. The van der Waals surface area contributed by atoms with Gasteiger partial charge < -0.3 is 29.0 Å². The minimum Gasteiger partial charge on any atom is -0.481 e. The van der Waals surface area contributed by atoms with E-state index in [9.17, 15) is 19.5 Å². The van der Waals surface area contributed by atoms with Gasteiger partial charge in [0.05, 0.1) is 25.6 Å². The number of hydrogen-bond acceptors (Lipinski definition) is 8. The Morgan fingerprint density at radius 2 is 1.02 bits per heavy atom. The number of carbonyl (C=O) groups is 3. The molecule has 0 aromatic rings. The summed E-state index contributed by atoms with van der Waals surface area (Å²) in [4.78, 5) is 40.4. The molecule has 9 nitrogen and oxygen atoms in total. The molecule has 0 radical (unpaired) electrons. The molecule has 0 saturated heterocycles. The molecule has 2 unspecified atom stereocenters. The van der Waals surface area contributed by atoms with Crippen molar-refractivity contribution in [3.63, 3.8) is 0 Å². The van der Waals surface area contributed by atoms with E-state index in [1.807, 2.05) is 0 Å². The number of rotatable bonds is 45. The molecule has 0 aliphatic carbocycles. The van der Waals surface area contributed by atoms with Gasteiger partial charge in [-0.05, 0) is 83.8 Å². The van der Waals surface area contributed by atoms with Gasteiger partial charge in [-0.3, -0.25) is 14.4 Å². The highest BCUT2D eigenvalue weighted by molar-refractivity contribution is 5.70. The van der Waals surface area contributed by atoms with E-state index in [-0.39, 0.29) is 38.0 Å². The summed E-state index contributed by atoms with van der Waals surface area (Å²) in [5.74, 6) is -2.53. The lowest BCUT2D eigenvalue weighted by Crippen LogP contribution is -2.27. The van der Waals surface area contributed by atoms with Gasteiger partial charge in [0.1, 0.15) is 0 Å². The fourth-order valence-electron chi connectivity index (χ4n) is 7.15. The molecule has 0 aromatic carbocycles. The average Bonchev–Trinajstić information content (AvgIpc) is 3.23. The first-order chi connectivity index (χ1) is 28.8. The molecular formula is C50H93NO8. The number of ether oxygens (including phenoxy) is 4. The largest absolute Gasteiger partial charge is 0.481 e. The van der Waals surface area contributed by atoms with Crippen molar-refractivity contribution in [3.05, 3.63) is 24.3 Å². The Bertz CT molecular complexity index is 995. The van der Waals surface area contributed by atoms with E-state index in [4.69, 9.17) is 18.9 Å². The topological polar surface area (TPSA) is 112 Å². The van der Waals surface area contributed by atoms with Crippen LogP contribution >= 0.6 is 0 Å². The summed E-state index contributed by atoms with van der Waals surface area (Å²) in [5.41, 5.74) is 0. The fraction of sp³-hybridized carbons (Fsp3) is 0.860. The zero-order valence-electron chi connectivity index (χ0n) is 39.0. The van der Waals surface area contributed by atoms with Crippen LogP contribution in [-0.4, -0.2) is 80.3 Å². The first-order valence-electron chi connectivity index (χ1n) is 24.6. The molecule has 0 aliphatic heterocycles. The van der Waals surface area contributed by atoms with Gasteiger partial charge in [-0.1, -0.05) is 155 Å². The summed E-state index contributed by atoms with van der Waals surface area (Å²) in [6.07, 6.45) is 36.0. The highest BCUT2D eigenvalue weighted by Gasteiger charge is 2.25. The monoisotopic (exact) mass is 836 g/mol. The Labute approximate surface area is 363 Å². The number of carboxylic acids is 1. The van der Waals surface area contributed by atoms with Crippen LogP contribution in [0.15, 0.2) is 24.3 Å². The maximum atomic E-state index is 13.1. The molecule has 59 heavy (non-hydrogen) atoms. The Hall–Kier alpha value is -2.23. The average molecular weight is 836 g/mol.